The minimum atomic E-state index is -0.304. The molecule has 5 nitrogen and oxygen atoms in total. The topological polar surface area (TPSA) is 59.8 Å². The Bertz CT molecular complexity index is 1160. The molecule has 0 saturated carbocycles. The standard InChI is InChI=1S/C25H23FN4OS/c1-18(20-10-6-3-7-11-20)27-23(31)17-32-25-29-28-24(21-12-14-22(26)15-13-21)30(25)16-19-8-4-2-5-9-19/h2-15,18H,16-17H2,1H3,(H,27,31)/t18-/m0/s1. The van der Waals surface area contributed by atoms with Crippen molar-refractivity contribution >= 4 is 17.7 Å². The summed E-state index contributed by atoms with van der Waals surface area (Å²) in [6.07, 6.45) is 0. The van der Waals surface area contributed by atoms with Crippen molar-refractivity contribution in [2.24, 2.45) is 0 Å². The first kappa shape index (κ1) is 21.8. The molecule has 4 rings (SSSR count). The molecule has 162 valence electrons. The zero-order chi connectivity index (χ0) is 22.3. The van der Waals surface area contributed by atoms with Crippen molar-refractivity contribution in [2.75, 3.05) is 5.75 Å². The molecule has 32 heavy (non-hydrogen) atoms. The summed E-state index contributed by atoms with van der Waals surface area (Å²) in [5.74, 6) is 0.466. The highest BCUT2D eigenvalue weighted by Gasteiger charge is 2.17. The van der Waals surface area contributed by atoms with Gasteiger partial charge in [0.05, 0.1) is 18.3 Å². The Morgan fingerprint density at radius 3 is 2.31 bits per heavy atom. The number of amides is 1. The lowest BCUT2D eigenvalue weighted by Gasteiger charge is -2.14. The van der Waals surface area contributed by atoms with Crippen LogP contribution in [-0.4, -0.2) is 26.4 Å². The second-order valence-electron chi connectivity index (χ2n) is 7.37. The molecule has 0 spiro atoms. The number of nitrogens with zero attached hydrogens (tertiary/aromatic N) is 3. The van der Waals surface area contributed by atoms with Gasteiger partial charge in [0.25, 0.3) is 0 Å². The van der Waals surface area contributed by atoms with Gasteiger partial charge in [-0.25, -0.2) is 4.39 Å². The maximum atomic E-state index is 13.4. The van der Waals surface area contributed by atoms with Gasteiger partial charge in [0.1, 0.15) is 5.82 Å². The summed E-state index contributed by atoms with van der Waals surface area (Å²) < 4.78 is 15.4. The molecule has 1 amide bonds. The van der Waals surface area contributed by atoms with Crippen LogP contribution in [0.2, 0.25) is 0 Å². The largest absolute Gasteiger partial charge is 0.349 e. The van der Waals surface area contributed by atoms with Gasteiger partial charge in [0.15, 0.2) is 11.0 Å². The third-order valence-corrected chi connectivity index (χ3v) is 5.98. The Kier molecular flexibility index (Phi) is 6.97. The Labute approximate surface area is 190 Å². The van der Waals surface area contributed by atoms with Crippen molar-refractivity contribution < 1.29 is 9.18 Å². The van der Waals surface area contributed by atoms with Crippen LogP contribution in [0.3, 0.4) is 0 Å². The third-order valence-electron chi connectivity index (χ3n) is 5.01. The normalized spacial score (nSPS) is 11.8. The van der Waals surface area contributed by atoms with E-state index in [1.54, 1.807) is 12.1 Å². The highest BCUT2D eigenvalue weighted by Crippen LogP contribution is 2.25. The molecular formula is C25H23FN4OS. The fourth-order valence-electron chi connectivity index (χ4n) is 3.35. The van der Waals surface area contributed by atoms with Crippen LogP contribution in [0.1, 0.15) is 24.1 Å². The van der Waals surface area contributed by atoms with Gasteiger partial charge in [-0.3, -0.25) is 9.36 Å². The summed E-state index contributed by atoms with van der Waals surface area (Å²) in [4.78, 5) is 12.6. The fraction of sp³-hybridized carbons (Fsp3) is 0.160. The predicted octanol–water partition coefficient (Wildman–Crippen LogP) is 5.10. The Hall–Kier alpha value is -3.45. The maximum absolute atomic E-state index is 13.4. The fourth-order valence-corrected chi connectivity index (χ4v) is 4.10. The molecule has 0 bridgehead atoms. The minimum Gasteiger partial charge on any atom is -0.349 e. The zero-order valence-corrected chi connectivity index (χ0v) is 18.4. The number of rotatable bonds is 8. The van der Waals surface area contributed by atoms with E-state index in [0.29, 0.717) is 17.5 Å². The van der Waals surface area contributed by atoms with Gasteiger partial charge in [-0.1, -0.05) is 72.4 Å². The van der Waals surface area contributed by atoms with Crippen molar-refractivity contribution in [1.29, 1.82) is 0 Å². The molecule has 1 atom stereocenters. The van der Waals surface area contributed by atoms with E-state index in [4.69, 9.17) is 0 Å². The number of aromatic nitrogens is 3. The highest BCUT2D eigenvalue weighted by molar-refractivity contribution is 7.99. The van der Waals surface area contributed by atoms with Crippen molar-refractivity contribution in [3.8, 4) is 11.4 Å². The number of halogens is 1. The SMILES string of the molecule is C[C@H](NC(=O)CSc1nnc(-c2ccc(F)cc2)n1Cc1ccccc1)c1ccccc1. The van der Waals surface area contributed by atoms with Crippen LogP contribution in [0.15, 0.2) is 90.1 Å². The molecule has 1 N–H and O–H groups in total. The first-order valence-corrected chi connectivity index (χ1v) is 11.3. The maximum Gasteiger partial charge on any atom is 0.230 e. The van der Waals surface area contributed by atoms with E-state index in [1.807, 2.05) is 72.2 Å². The van der Waals surface area contributed by atoms with Crippen LogP contribution in [0, 0.1) is 5.82 Å². The van der Waals surface area contributed by atoms with E-state index in [9.17, 15) is 9.18 Å². The molecule has 0 aliphatic heterocycles. The Balaban J connectivity index is 1.51. The van der Waals surface area contributed by atoms with Gasteiger partial charge in [-0.15, -0.1) is 10.2 Å². The number of nitrogens with one attached hydrogen (secondary N) is 1. The van der Waals surface area contributed by atoms with Crippen LogP contribution in [0.5, 0.6) is 0 Å². The van der Waals surface area contributed by atoms with Gasteiger partial charge < -0.3 is 5.32 Å². The summed E-state index contributed by atoms with van der Waals surface area (Å²) in [6, 6.07) is 25.9. The van der Waals surface area contributed by atoms with E-state index in [-0.39, 0.29) is 23.5 Å². The van der Waals surface area contributed by atoms with E-state index in [1.165, 1.54) is 23.9 Å². The van der Waals surface area contributed by atoms with Gasteiger partial charge in [0.2, 0.25) is 5.91 Å². The van der Waals surface area contributed by atoms with E-state index in [2.05, 4.69) is 15.5 Å². The number of carbonyl (C=O) groups excluding carboxylic acids is 1. The quantitative estimate of drug-likeness (QED) is 0.383. The van der Waals surface area contributed by atoms with Crippen molar-refractivity contribution in [3.63, 3.8) is 0 Å². The summed E-state index contributed by atoms with van der Waals surface area (Å²) in [7, 11) is 0. The van der Waals surface area contributed by atoms with Gasteiger partial charge >= 0.3 is 0 Å². The molecule has 1 heterocycles. The second kappa shape index (κ2) is 10.2. The van der Waals surface area contributed by atoms with Crippen LogP contribution in [0.4, 0.5) is 4.39 Å². The highest BCUT2D eigenvalue weighted by atomic mass is 32.2. The molecule has 0 aliphatic carbocycles. The number of carbonyl (C=O) groups is 1. The average Bonchev–Trinajstić information content (AvgIpc) is 3.21. The monoisotopic (exact) mass is 446 g/mol. The summed E-state index contributed by atoms with van der Waals surface area (Å²) in [5.41, 5.74) is 2.90. The number of thioether (sulfide) groups is 1. The van der Waals surface area contributed by atoms with Crippen LogP contribution in [0.25, 0.3) is 11.4 Å². The lowest BCUT2D eigenvalue weighted by atomic mass is 10.1. The van der Waals surface area contributed by atoms with E-state index >= 15 is 0 Å². The van der Waals surface area contributed by atoms with Crippen molar-refractivity contribution in [2.45, 2.75) is 24.7 Å². The lowest BCUT2D eigenvalue weighted by molar-refractivity contribution is -0.119. The number of benzene rings is 3. The minimum absolute atomic E-state index is 0.0797. The van der Waals surface area contributed by atoms with E-state index in [0.717, 1.165) is 16.7 Å². The molecule has 0 aliphatic rings. The molecule has 1 aromatic heterocycles. The molecule has 7 heteroatoms. The van der Waals surface area contributed by atoms with Crippen molar-refractivity contribution in [1.82, 2.24) is 20.1 Å². The smallest absolute Gasteiger partial charge is 0.230 e. The van der Waals surface area contributed by atoms with Crippen LogP contribution >= 0.6 is 11.8 Å². The summed E-state index contributed by atoms with van der Waals surface area (Å²) >= 11 is 1.33. The third kappa shape index (κ3) is 5.42. The van der Waals surface area contributed by atoms with Gasteiger partial charge in [-0.05, 0) is 42.3 Å². The molecule has 3 aromatic carbocycles. The molecule has 0 fully saturated rings. The molecule has 4 aromatic rings. The molecule has 0 saturated heterocycles. The van der Waals surface area contributed by atoms with Crippen LogP contribution in [-0.2, 0) is 11.3 Å². The van der Waals surface area contributed by atoms with Crippen molar-refractivity contribution in [3.05, 3.63) is 102 Å². The van der Waals surface area contributed by atoms with Gasteiger partial charge in [-0.2, -0.15) is 0 Å². The van der Waals surface area contributed by atoms with E-state index < -0.39 is 0 Å². The Morgan fingerprint density at radius 1 is 0.969 bits per heavy atom. The zero-order valence-electron chi connectivity index (χ0n) is 17.6. The first-order chi connectivity index (χ1) is 15.6. The second-order valence-corrected chi connectivity index (χ2v) is 8.32. The number of hydrogen-bond acceptors (Lipinski definition) is 4. The molecular weight excluding hydrogens is 423 g/mol. The first-order valence-electron chi connectivity index (χ1n) is 10.3. The lowest BCUT2D eigenvalue weighted by Crippen LogP contribution is -2.28. The number of hydrogen-bond donors (Lipinski definition) is 1. The molecule has 0 unspecified atom stereocenters. The van der Waals surface area contributed by atoms with Gasteiger partial charge in [0, 0.05) is 5.56 Å². The Morgan fingerprint density at radius 2 is 1.62 bits per heavy atom. The summed E-state index contributed by atoms with van der Waals surface area (Å²) in [6.45, 7) is 2.51. The van der Waals surface area contributed by atoms with Crippen LogP contribution < -0.4 is 5.32 Å². The predicted molar refractivity (Wildman–Crippen MR) is 125 cm³/mol. The average molecular weight is 447 g/mol. The molecule has 0 radical (unpaired) electrons. The summed E-state index contributed by atoms with van der Waals surface area (Å²) in [5, 5.41) is 12.3.